The maximum Gasteiger partial charge on any atom is 0.232 e. The SMILES string of the molecule is CCOc1ccc(-c2noc(C3CC(=O)N(c4ccc(OCC)cc4)C3)n2)cc1. The Balaban J connectivity index is 1.46. The molecule has 1 amide bonds. The number of ether oxygens (including phenoxy) is 2. The van der Waals surface area contributed by atoms with Gasteiger partial charge in [-0.15, -0.1) is 0 Å². The quantitative estimate of drug-likeness (QED) is 0.603. The molecule has 0 saturated carbocycles. The van der Waals surface area contributed by atoms with Gasteiger partial charge in [0.15, 0.2) is 0 Å². The summed E-state index contributed by atoms with van der Waals surface area (Å²) in [7, 11) is 0. The molecular formula is C22H23N3O4. The van der Waals surface area contributed by atoms with Gasteiger partial charge in [0.1, 0.15) is 11.5 Å². The van der Waals surface area contributed by atoms with Gasteiger partial charge in [-0.2, -0.15) is 4.98 Å². The molecule has 1 saturated heterocycles. The molecule has 0 radical (unpaired) electrons. The summed E-state index contributed by atoms with van der Waals surface area (Å²) >= 11 is 0. The van der Waals surface area contributed by atoms with E-state index in [2.05, 4.69) is 10.1 Å². The number of carbonyl (C=O) groups excluding carboxylic acids is 1. The highest BCUT2D eigenvalue weighted by Gasteiger charge is 2.35. The number of hydrogen-bond donors (Lipinski definition) is 0. The van der Waals surface area contributed by atoms with Gasteiger partial charge in [-0.05, 0) is 62.4 Å². The first-order valence-electron chi connectivity index (χ1n) is 9.78. The predicted octanol–water partition coefficient (Wildman–Crippen LogP) is 4.05. The second kappa shape index (κ2) is 8.34. The van der Waals surface area contributed by atoms with E-state index in [1.54, 1.807) is 4.90 Å². The first-order chi connectivity index (χ1) is 14.2. The van der Waals surface area contributed by atoms with Gasteiger partial charge in [-0.25, -0.2) is 0 Å². The number of anilines is 1. The smallest absolute Gasteiger partial charge is 0.232 e. The minimum atomic E-state index is -0.127. The highest BCUT2D eigenvalue weighted by molar-refractivity contribution is 5.96. The largest absolute Gasteiger partial charge is 0.494 e. The summed E-state index contributed by atoms with van der Waals surface area (Å²) < 4.78 is 16.4. The van der Waals surface area contributed by atoms with Crippen molar-refractivity contribution in [2.75, 3.05) is 24.7 Å². The first kappa shape index (κ1) is 19.0. The summed E-state index contributed by atoms with van der Waals surface area (Å²) in [5, 5.41) is 4.09. The fourth-order valence-electron chi connectivity index (χ4n) is 3.40. The van der Waals surface area contributed by atoms with Crippen molar-refractivity contribution in [1.29, 1.82) is 0 Å². The maximum absolute atomic E-state index is 12.5. The van der Waals surface area contributed by atoms with Crippen LogP contribution in [0.25, 0.3) is 11.4 Å². The van der Waals surface area contributed by atoms with Gasteiger partial charge in [0, 0.05) is 24.2 Å². The third-order valence-corrected chi connectivity index (χ3v) is 4.80. The maximum atomic E-state index is 12.5. The van der Waals surface area contributed by atoms with Gasteiger partial charge in [0.25, 0.3) is 0 Å². The molecule has 0 bridgehead atoms. The number of benzene rings is 2. The van der Waals surface area contributed by atoms with Crippen molar-refractivity contribution < 1.29 is 18.8 Å². The Kier molecular flexibility index (Phi) is 5.46. The van der Waals surface area contributed by atoms with Crippen molar-refractivity contribution in [2.24, 2.45) is 0 Å². The zero-order chi connectivity index (χ0) is 20.2. The predicted molar refractivity (Wildman–Crippen MR) is 108 cm³/mol. The molecule has 7 heteroatoms. The Morgan fingerprint density at radius 3 is 2.24 bits per heavy atom. The number of aromatic nitrogens is 2. The molecule has 1 aliphatic heterocycles. The lowest BCUT2D eigenvalue weighted by Crippen LogP contribution is -2.24. The second-order valence-electron chi connectivity index (χ2n) is 6.75. The van der Waals surface area contributed by atoms with E-state index in [1.807, 2.05) is 62.4 Å². The van der Waals surface area contributed by atoms with Gasteiger partial charge in [-0.1, -0.05) is 5.16 Å². The van der Waals surface area contributed by atoms with Crippen molar-refractivity contribution in [3.63, 3.8) is 0 Å². The van der Waals surface area contributed by atoms with Crippen molar-refractivity contribution in [3.05, 3.63) is 54.4 Å². The number of amides is 1. The standard InChI is InChI=1S/C22H23N3O4/c1-3-27-18-9-5-15(6-10-18)21-23-22(29-24-21)16-13-20(26)25(14-16)17-7-11-19(12-8-17)28-4-2/h5-12,16H,3-4,13-14H2,1-2H3. The van der Waals surface area contributed by atoms with Crippen molar-refractivity contribution in [2.45, 2.75) is 26.2 Å². The number of nitrogens with zero attached hydrogens (tertiary/aromatic N) is 3. The van der Waals surface area contributed by atoms with Crippen LogP contribution in [0.1, 0.15) is 32.1 Å². The van der Waals surface area contributed by atoms with E-state index in [-0.39, 0.29) is 11.8 Å². The van der Waals surface area contributed by atoms with E-state index >= 15 is 0 Å². The average molecular weight is 393 g/mol. The fraction of sp³-hybridized carbons (Fsp3) is 0.318. The van der Waals surface area contributed by atoms with Crippen LogP contribution in [-0.2, 0) is 4.79 Å². The van der Waals surface area contributed by atoms with Gasteiger partial charge in [0.05, 0.1) is 19.1 Å². The molecule has 1 aromatic heterocycles. The summed E-state index contributed by atoms with van der Waals surface area (Å²) in [5.74, 6) is 2.49. The molecule has 1 aliphatic rings. The summed E-state index contributed by atoms with van der Waals surface area (Å²) in [5.41, 5.74) is 1.68. The molecule has 2 heterocycles. The molecule has 2 aromatic carbocycles. The normalized spacial score (nSPS) is 16.3. The lowest BCUT2D eigenvalue weighted by atomic mass is 10.1. The topological polar surface area (TPSA) is 77.7 Å². The molecule has 1 unspecified atom stereocenters. The van der Waals surface area contributed by atoms with E-state index in [0.717, 1.165) is 22.7 Å². The van der Waals surface area contributed by atoms with Gasteiger partial charge in [0.2, 0.25) is 17.6 Å². The van der Waals surface area contributed by atoms with E-state index in [9.17, 15) is 4.79 Å². The molecule has 1 fully saturated rings. The molecule has 150 valence electrons. The second-order valence-corrected chi connectivity index (χ2v) is 6.75. The van der Waals surface area contributed by atoms with Gasteiger partial charge < -0.3 is 18.9 Å². The van der Waals surface area contributed by atoms with Gasteiger partial charge >= 0.3 is 0 Å². The molecule has 0 aliphatic carbocycles. The zero-order valence-corrected chi connectivity index (χ0v) is 16.5. The Bertz CT molecular complexity index is 966. The lowest BCUT2D eigenvalue weighted by molar-refractivity contribution is -0.117. The molecule has 0 N–H and O–H groups in total. The van der Waals surface area contributed by atoms with Crippen molar-refractivity contribution in [1.82, 2.24) is 10.1 Å². The molecule has 0 spiro atoms. The summed E-state index contributed by atoms with van der Waals surface area (Å²) in [6.07, 6.45) is 0.345. The average Bonchev–Trinajstić information content (AvgIpc) is 3.37. The Morgan fingerprint density at radius 1 is 1.00 bits per heavy atom. The van der Waals surface area contributed by atoms with Crippen LogP contribution in [0.15, 0.2) is 53.1 Å². The molecule has 29 heavy (non-hydrogen) atoms. The van der Waals surface area contributed by atoms with E-state index in [0.29, 0.717) is 37.9 Å². The Labute approximate surface area is 169 Å². The Hall–Kier alpha value is -3.35. The summed E-state index contributed by atoms with van der Waals surface area (Å²) in [6.45, 7) is 5.62. The summed E-state index contributed by atoms with van der Waals surface area (Å²) in [6, 6.07) is 15.1. The van der Waals surface area contributed by atoms with Crippen LogP contribution < -0.4 is 14.4 Å². The van der Waals surface area contributed by atoms with E-state index in [1.165, 1.54) is 0 Å². The van der Waals surface area contributed by atoms with E-state index < -0.39 is 0 Å². The number of rotatable bonds is 7. The van der Waals surface area contributed by atoms with Crippen LogP contribution in [0.5, 0.6) is 11.5 Å². The van der Waals surface area contributed by atoms with Crippen LogP contribution in [0, 0.1) is 0 Å². The minimum Gasteiger partial charge on any atom is -0.494 e. The number of carbonyl (C=O) groups is 1. The minimum absolute atomic E-state index is 0.0416. The zero-order valence-electron chi connectivity index (χ0n) is 16.5. The lowest BCUT2D eigenvalue weighted by Gasteiger charge is -2.16. The van der Waals surface area contributed by atoms with Crippen molar-refractivity contribution >= 4 is 11.6 Å². The monoisotopic (exact) mass is 393 g/mol. The van der Waals surface area contributed by atoms with E-state index in [4.69, 9.17) is 14.0 Å². The molecular weight excluding hydrogens is 370 g/mol. The Morgan fingerprint density at radius 2 is 1.62 bits per heavy atom. The van der Waals surface area contributed by atoms with Crippen LogP contribution >= 0.6 is 0 Å². The highest BCUT2D eigenvalue weighted by Crippen LogP contribution is 2.32. The third-order valence-electron chi connectivity index (χ3n) is 4.80. The number of hydrogen-bond acceptors (Lipinski definition) is 6. The van der Waals surface area contributed by atoms with Gasteiger partial charge in [-0.3, -0.25) is 4.79 Å². The molecule has 4 rings (SSSR count). The van der Waals surface area contributed by atoms with Crippen LogP contribution in [0.4, 0.5) is 5.69 Å². The highest BCUT2D eigenvalue weighted by atomic mass is 16.5. The first-order valence-corrected chi connectivity index (χ1v) is 9.78. The van der Waals surface area contributed by atoms with Crippen LogP contribution in [0.3, 0.4) is 0 Å². The van der Waals surface area contributed by atoms with Crippen LogP contribution in [0.2, 0.25) is 0 Å². The fourth-order valence-corrected chi connectivity index (χ4v) is 3.40. The third kappa shape index (κ3) is 4.08. The van der Waals surface area contributed by atoms with Crippen LogP contribution in [-0.4, -0.2) is 35.8 Å². The molecule has 3 aromatic rings. The summed E-state index contributed by atoms with van der Waals surface area (Å²) in [4.78, 5) is 18.8. The molecule has 1 atom stereocenters. The van der Waals surface area contributed by atoms with Crippen molar-refractivity contribution in [3.8, 4) is 22.9 Å². The molecule has 7 nitrogen and oxygen atoms in total.